The van der Waals surface area contributed by atoms with E-state index in [0.717, 1.165) is 5.56 Å². The zero-order valence-electron chi connectivity index (χ0n) is 15.3. The predicted octanol–water partition coefficient (Wildman–Crippen LogP) is 2.83. The van der Waals surface area contributed by atoms with E-state index in [1.807, 2.05) is 13.0 Å². The van der Waals surface area contributed by atoms with Crippen molar-refractivity contribution >= 4 is 11.6 Å². The van der Waals surface area contributed by atoms with E-state index in [-0.39, 0.29) is 17.6 Å². The van der Waals surface area contributed by atoms with Crippen LogP contribution in [0.5, 0.6) is 5.75 Å². The number of hydrogen-bond donors (Lipinski definition) is 0. The third kappa shape index (κ3) is 3.94. The molecule has 8 nitrogen and oxygen atoms in total. The first kappa shape index (κ1) is 19.3. The van der Waals surface area contributed by atoms with Gasteiger partial charge in [0.15, 0.2) is 0 Å². The Morgan fingerprint density at radius 2 is 2.00 bits per heavy atom. The van der Waals surface area contributed by atoms with Gasteiger partial charge >= 0.3 is 0 Å². The molecule has 0 aliphatic carbocycles. The summed E-state index contributed by atoms with van der Waals surface area (Å²) in [6, 6.07) is 14.3. The number of ether oxygens (including phenoxy) is 2. The van der Waals surface area contributed by atoms with Gasteiger partial charge in [0.1, 0.15) is 11.8 Å². The SMILES string of the molecule is CCOCCN1C(=O)[C@H](Oc2cccc(C#N)c2)[C@@H]1c1ccc([N+](=O)[O-])cc1. The molecule has 2 atom stereocenters. The molecule has 0 bridgehead atoms. The molecule has 3 rings (SSSR count). The number of non-ortho nitro benzene ring substituents is 1. The number of nitriles is 1. The Hall–Kier alpha value is -3.44. The van der Waals surface area contributed by atoms with E-state index < -0.39 is 11.0 Å². The summed E-state index contributed by atoms with van der Waals surface area (Å²) in [6.45, 7) is 3.21. The van der Waals surface area contributed by atoms with Crippen LogP contribution >= 0.6 is 0 Å². The van der Waals surface area contributed by atoms with Crippen molar-refractivity contribution in [1.29, 1.82) is 5.26 Å². The van der Waals surface area contributed by atoms with Crippen LogP contribution in [0.1, 0.15) is 24.1 Å². The fourth-order valence-corrected chi connectivity index (χ4v) is 3.12. The molecule has 1 aliphatic rings. The fourth-order valence-electron chi connectivity index (χ4n) is 3.12. The van der Waals surface area contributed by atoms with Crippen molar-refractivity contribution in [2.75, 3.05) is 19.8 Å². The van der Waals surface area contributed by atoms with E-state index in [0.29, 0.717) is 31.1 Å². The first-order valence-electron chi connectivity index (χ1n) is 8.84. The highest BCUT2D eigenvalue weighted by Gasteiger charge is 2.49. The number of nitro benzene ring substituents is 1. The Kier molecular flexibility index (Phi) is 5.87. The Morgan fingerprint density at radius 3 is 2.64 bits per heavy atom. The molecular formula is C20H19N3O5. The monoisotopic (exact) mass is 381 g/mol. The van der Waals surface area contributed by atoms with Gasteiger partial charge in [0.2, 0.25) is 6.10 Å². The molecule has 0 aromatic heterocycles. The van der Waals surface area contributed by atoms with Crippen molar-refractivity contribution in [2.45, 2.75) is 19.1 Å². The summed E-state index contributed by atoms with van der Waals surface area (Å²) in [6.07, 6.45) is -0.767. The van der Waals surface area contributed by atoms with Gasteiger partial charge in [-0.1, -0.05) is 6.07 Å². The highest BCUT2D eigenvalue weighted by molar-refractivity contribution is 5.89. The molecule has 2 aromatic carbocycles. The summed E-state index contributed by atoms with van der Waals surface area (Å²) >= 11 is 0. The van der Waals surface area contributed by atoms with Gasteiger partial charge in [0.25, 0.3) is 11.6 Å². The summed E-state index contributed by atoms with van der Waals surface area (Å²) in [5.74, 6) is 0.235. The number of nitrogens with zero attached hydrogens (tertiary/aromatic N) is 3. The summed E-state index contributed by atoms with van der Waals surface area (Å²) in [4.78, 5) is 24.7. The Balaban J connectivity index is 1.83. The van der Waals surface area contributed by atoms with Crippen LogP contribution in [0.25, 0.3) is 0 Å². The maximum atomic E-state index is 12.6. The lowest BCUT2D eigenvalue weighted by molar-refractivity contribution is -0.384. The van der Waals surface area contributed by atoms with Crippen LogP contribution in [0.3, 0.4) is 0 Å². The quantitative estimate of drug-likeness (QED) is 0.301. The molecule has 2 aromatic rings. The molecule has 1 heterocycles. The van der Waals surface area contributed by atoms with Gasteiger partial charge in [-0.15, -0.1) is 0 Å². The van der Waals surface area contributed by atoms with Crippen LogP contribution in [-0.4, -0.2) is 41.6 Å². The number of β-lactam (4-membered cyclic amide) rings is 1. The van der Waals surface area contributed by atoms with Crippen LogP contribution in [-0.2, 0) is 9.53 Å². The number of likely N-dealkylation sites (tertiary alicyclic amines) is 1. The van der Waals surface area contributed by atoms with Crippen LogP contribution in [0.4, 0.5) is 5.69 Å². The summed E-state index contributed by atoms with van der Waals surface area (Å²) < 4.78 is 11.2. The number of carbonyl (C=O) groups is 1. The van der Waals surface area contributed by atoms with Crippen molar-refractivity contribution in [3.05, 3.63) is 69.8 Å². The summed E-state index contributed by atoms with van der Waals surface area (Å²) in [7, 11) is 0. The number of carbonyl (C=O) groups excluding carboxylic acids is 1. The first-order valence-corrected chi connectivity index (χ1v) is 8.84. The molecule has 0 spiro atoms. The lowest BCUT2D eigenvalue weighted by Crippen LogP contribution is -2.61. The average molecular weight is 381 g/mol. The van der Waals surface area contributed by atoms with Gasteiger partial charge < -0.3 is 14.4 Å². The van der Waals surface area contributed by atoms with Gasteiger partial charge in [-0.3, -0.25) is 14.9 Å². The first-order chi connectivity index (χ1) is 13.5. The van der Waals surface area contributed by atoms with Crippen LogP contribution < -0.4 is 4.74 Å². The van der Waals surface area contributed by atoms with Gasteiger partial charge in [-0.05, 0) is 42.8 Å². The molecule has 1 fully saturated rings. The molecule has 0 N–H and O–H groups in total. The Bertz CT molecular complexity index is 907. The van der Waals surface area contributed by atoms with Crippen molar-refractivity contribution in [1.82, 2.24) is 4.90 Å². The van der Waals surface area contributed by atoms with Crippen LogP contribution in [0.2, 0.25) is 0 Å². The Morgan fingerprint density at radius 1 is 1.25 bits per heavy atom. The molecular weight excluding hydrogens is 362 g/mol. The fraction of sp³-hybridized carbons (Fsp3) is 0.300. The lowest BCUT2D eigenvalue weighted by Gasteiger charge is -2.46. The molecule has 1 saturated heterocycles. The number of benzene rings is 2. The maximum absolute atomic E-state index is 12.6. The number of amides is 1. The van der Waals surface area contributed by atoms with E-state index in [2.05, 4.69) is 0 Å². The maximum Gasteiger partial charge on any atom is 0.269 e. The second-order valence-corrected chi connectivity index (χ2v) is 6.20. The van der Waals surface area contributed by atoms with Crippen molar-refractivity contribution in [2.24, 2.45) is 0 Å². The molecule has 28 heavy (non-hydrogen) atoms. The molecule has 0 saturated carbocycles. The van der Waals surface area contributed by atoms with Crippen molar-refractivity contribution < 1.29 is 19.2 Å². The van der Waals surface area contributed by atoms with Crippen molar-refractivity contribution in [3.8, 4) is 11.8 Å². The molecule has 1 aliphatic heterocycles. The topological polar surface area (TPSA) is 106 Å². The second kappa shape index (κ2) is 8.50. The highest BCUT2D eigenvalue weighted by atomic mass is 16.6. The number of rotatable bonds is 8. The largest absolute Gasteiger partial charge is 0.478 e. The minimum Gasteiger partial charge on any atom is -0.478 e. The van der Waals surface area contributed by atoms with Gasteiger partial charge in [0.05, 0.1) is 23.2 Å². The normalized spacial score (nSPS) is 18.3. The molecule has 144 valence electrons. The third-order valence-corrected chi connectivity index (χ3v) is 4.50. The standard InChI is InChI=1S/C20H19N3O5/c1-2-27-11-10-22-18(15-6-8-16(9-7-15)23(25)26)19(20(22)24)28-17-5-3-4-14(12-17)13-21/h3-9,12,18-19H,2,10-11H2,1H3/t18-,19+/m0/s1. The van der Waals surface area contributed by atoms with Crippen LogP contribution in [0, 0.1) is 21.4 Å². The van der Waals surface area contributed by atoms with E-state index >= 15 is 0 Å². The number of nitro groups is 1. The van der Waals surface area contributed by atoms with Crippen LogP contribution in [0.15, 0.2) is 48.5 Å². The molecule has 0 radical (unpaired) electrons. The van der Waals surface area contributed by atoms with Gasteiger partial charge in [0, 0.05) is 25.3 Å². The zero-order valence-corrected chi connectivity index (χ0v) is 15.3. The van der Waals surface area contributed by atoms with E-state index in [1.54, 1.807) is 41.3 Å². The summed E-state index contributed by atoms with van der Waals surface area (Å²) in [5, 5.41) is 19.9. The summed E-state index contributed by atoms with van der Waals surface area (Å²) in [5.41, 5.74) is 1.15. The minimum absolute atomic E-state index is 0.0190. The lowest BCUT2D eigenvalue weighted by atomic mass is 9.90. The Labute approximate surface area is 162 Å². The number of hydrogen-bond acceptors (Lipinski definition) is 6. The van der Waals surface area contributed by atoms with E-state index in [9.17, 15) is 14.9 Å². The zero-order chi connectivity index (χ0) is 20.1. The van der Waals surface area contributed by atoms with Gasteiger partial charge in [-0.2, -0.15) is 5.26 Å². The highest BCUT2D eigenvalue weighted by Crippen LogP contribution is 2.38. The molecule has 0 unspecified atom stereocenters. The van der Waals surface area contributed by atoms with Crippen molar-refractivity contribution in [3.63, 3.8) is 0 Å². The predicted molar refractivity (Wildman–Crippen MR) is 99.6 cm³/mol. The minimum atomic E-state index is -0.767. The second-order valence-electron chi connectivity index (χ2n) is 6.20. The smallest absolute Gasteiger partial charge is 0.269 e. The van der Waals surface area contributed by atoms with Gasteiger partial charge in [-0.25, -0.2) is 0 Å². The molecule has 8 heteroatoms. The average Bonchev–Trinajstić information content (AvgIpc) is 2.72. The molecule has 1 amide bonds. The van der Waals surface area contributed by atoms with E-state index in [4.69, 9.17) is 14.7 Å². The van der Waals surface area contributed by atoms with E-state index in [1.165, 1.54) is 12.1 Å². The third-order valence-electron chi connectivity index (χ3n) is 4.50.